The molecule has 31 heavy (non-hydrogen) atoms. The minimum Gasteiger partial charge on any atom is -0.469 e. The number of carbonyl (C=O) groups excluding carboxylic acids is 2. The van der Waals surface area contributed by atoms with Crippen molar-refractivity contribution in [1.82, 2.24) is 14.8 Å². The fraction of sp³-hybridized carbons (Fsp3) is 0.304. The third-order valence-corrected chi connectivity index (χ3v) is 5.51. The zero-order valence-electron chi connectivity index (χ0n) is 17.9. The highest BCUT2D eigenvalue weighted by Crippen LogP contribution is 2.27. The lowest BCUT2D eigenvalue weighted by atomic mass is 10.1. The minimum absolute atomic E-state index is 0.0285. The van der Waals surface area contributed by atoms with Gasteiger partial charge in [-0.1, -0.05) is 31.7 Å². The van der Waals surface area contributed by atoms with Gasteiger partial charge in [-0.15, -0.1) is 16.8 Å². The first-order valence-corrected chi connectivity index (χ1v) is 11.0. The normalized spacial score (nSPS) is 11.0. The summed E-state index contributed by atoms with van der Waals surface area (Å²) in [6.07, 6.45) is 3.84. The van der Waals surface area contributed by atoms with E-state index in [0.29, 0.717) is 41.1 Å². The Morgan fingerprint density at radius 2 is 1.97 bits per heavy atom. The Bertz CT molecular complexity index is 1070. The topological polar surface area (TPSA) is 90.0 Å². The first-order valence-electron chi connectivity index (χ1n) is 10.0. The molecule has 1 N–H and O–H groups in total. The number of nitrogens with one attached hydrogen (secondary N) is 1. The average molecular weight is 439 g/mol. The largest absolute Gasteiger partial charge is 0.469 e. The van der Waals surface area contributed by atoms with E-state index >= 15 is 0 Å². The van der Waals surface area contributed by atoms with Crippen LogP contribution in [0.3, 0.4) is 0 Å². The van der Waals surface area contributed by atoms with Crippen molar-refractivity contribution in [2.75, 3.05) is 11.1 Å². The number of aromatic nitrogens is 3. The number of anilines is 1. The molecule has 2 heterocycles. The summed E-state index contributed by atoms with van der Waals surface area (Å²) in [5.74, 6) is 1.89. The van der Waals surface area contributed by atoms with Gasteiger partial charge in [0.25, 0.3) is 0 Å². The number of hydrogen-bond acceptors (Lipinski definition) is 6. The van der Waals surface area contributed by atoms with Gasteiger partial charge >= 0.3 is 0 Å². The van der Waals surface area contributed by atoms with Gasteiger partial charge in [0.05, 0.1) is 17.6 Å². The van der Waals surface area contributed by atoms with Gasteiger partial charge in [-0.25, -0.2) is 0 Å². The van der Waals surface area contributed by atoms with E-state index in [2.05, 4.69) is 22.1 Å². The summed E-state index contributed by atoms with van der Waals surface area (Å²) < 4.78 is 7.29. The Morgan fingerprint density at radius 1 is 1.23 bits per heavy atom. The zero-order chi connectivity index (χ0) is 22.4. The lowest BCUT2D eigenvalue weighted by Crippen LogP contribution is -2.14. The number of hydrogen-bond donors (Lipinski definition) is 1. The van der Waals surface area contributed by atoms with E-state index in [9.17, 15) is 9.59 Å². The van der Waals surface area contributed by atoms with Crippen molar-refractivity contribution in [3.63, 3.8) is 0 Å². The summed E-state index contributed by atoms with van der Waals surface area (Å²) in [5, 5.41) is 12.0. The van der Waals surface area contributed by atoms with Crippen LogP contribution in [0.1, 0.15) is 36.4 Å². The molecular formula is C23H26N4O3S. The zero-order valence-corrected chi connectivity index (χ0v) is 18.7. The van der Waals surface area contributed by atoms with Crippen LogP contribution in [0.4, 0.5) is 5.69 Å². The monoisotopic (exact) mass is 438 g/mol. The molecule has 8 heteroatoms. The molecule has 0 spiro atoms. The lowest BCUT2D eigenvalue weighted by molar-refractivity contribution is -0.116. The van der Waals surface area contributed by atoms with Crippen molar-refractivity contribution in [1.29, 1.82) is 0 Å². The maximum absolute atomic E-state index is 12.7. The number of nitrogens with zero attached hydrogens (tertiary/aromatic N) is 3. The number of aryl methyl sites for hydroxylation is 1. The Morgan fingerprint density at radius 3 is 2.58 bits per heavy atom. The molecule has 0 saturated carbocycles. The van der Waals surface area contributed by atoms with Gasteiger partial charge in [0.1, 0.15) is 5.76 Å². The minimum atomic E-state index is -0.0325. The first kappa shape index (κ1) is 22.6. The molecule has 7 nitrogen and oxygen atoms in total. The summed E-state index contributed by atoms with van der Waals surface area (Å²) in [7, 11) is 0. The van der Waals surface area contributed by atoms with E-state index < -0.39 is 0 Å². The highest BCUT2D eigenvalue weighted by Gasteiger charge is 2.18. The summed E-state index contributed by atoms with van der Waals surface area (Å²) >= 11 is 1.33. The van der Waals surface area contributed by atoms with Crippen LogP contribution in [0.5, 0.6) is 0 Å². The van der Waals surface area contributed by atoms with Gasteiger partial charge in [0.15, 0.2) is 16.8 Å². The number of rotatable bonds is 10. The Labute approximate surface area is 185 Å². The van der Waals surface area contributed by atoms with E-state index in [1.165, 1.54) is 11.8 Å². The maximum atomic E-state index is 12.7. The molecule has 0 bridgehead atoms. The molecule has 1 aromatic carbocycles. The fourth-order valence-electron chi connectivity index (χ4n) is 3.04. The van der Waals surface area contributed by atoms with Crippen LogP contribution in [-0.4, -0.2) is 32.2 Å². The predicted molar refractivity (Wildman–Crippen MR) is 122 cm³/mol. The van der Waals surface area contributed by atoms with Crippen LogP contribution in [0.2, 0.25) is 0 Å². The molecule has 0 aliphatic rings. The second-order valence-electron chi connectivity index (χ2n) is 7.53. The maximum Gasteiger partial charge on any atom is 0.224 e. The van der Waals surface area contributed by atoms with Crippen molar-refractivity contribution in [2.45, 2.75) is 38.9 Å². The lowest BCUT2D eigenvalue weighted by Gasteiger charge is -2.08. The van der Waals surface area contributed by atoms with Crippen molar-refractivity contribution >= 4 is 29.1 Å². The smallest absolute Gasteiger partial charge is 0.224 e. The van der Waals surface area contributed by atoms with E-state index in [1.807, 2.05) is 31.4 Å². The number of furan rings is 1. The van der Waals surface area contributed by atoms with Gasteiger partial charge in [-0.3, -0.25) is 14.2 Å². The molecule has 3 aromatic rings. The van der Waals surface area contributed by atoms with E-state index in [1.54, 1.807) is 36.6 Å². The number of ketones is 1. The van der Waals surface area contributed by atoms with Gasteiger partial charge in [-0.2, -0.15) is 0 Å². The van der Waals surface area contributed by atoms with Gasteiger partial charge < -0.3 is 9.73 Å². The first-order chi connectivity index (χ1) is 14.9. The molecule has 0 fully saturated rings. The van der Waals surface area contributed by atoms with Crippen LogP contribution in [0, 0.1) is 12.8 Å². The Hall–Kier alpha value is -3.13. The number of benzene rings is 1. The SMILES string of the molecule is C=CCn1c(SCC(=O)c2ccc(NC(=O)CC(C)C)cc2)nnc1-c1ccoc1C. The van der Waals surface area contributed by atoms with Crippen LogP contribution in [0.25, 0.3) is 11.4 Å². The summed E-state index contributed by atoms with van der Waals surface area (Å²) in [5.41, 5.74) is 2.12. The summed E-state index contributed by atoms with van der Waals surface area (Å²) in [6.45, 7) is 10.2. The van der Waals surface area contributed by atoms with Gasteiger partial charge in [0.2, 0.25) is 5.91 Å². The van der Waals surface area contributed by atoms with Gasteiger partial charge in [0, 0.05) is 24.2 Å². The molecule has 0 unspecified atom stereocenters. The number of carbonyl (C=O) groups is 2. The molecule has 0 saturated heterocycles. The predicted octanol–water partition coefficient (Wildman–Crippen LogP) is 4.99. The van der Waals surface area contributed by atoms with Crippen molar-refractivity contribution in [3.8, 4) is 11.4 Å². The summed E-state index contributed by atoms with van der Waals surface area (Å²) in [4.78, 5) is 24.5. The van der Waals surface area contributed by atoms with E-state index in [-0.39, 0.29) is 17.4 Å². The van der Waals surface area contributed by atoms with Crippen molar-refractivity contribution in [3.05, 3.63) is 60.6 Å². The molecule has 3 rings (SSSR count). The Kier molecular flexibility index (Phi) is 7.46. The average Bonchev–Trinajstić information content (AvgIpc) is 3.32. The van der Waals surface area contributed by atoms with Crippen LogP contribution in [-0.2, 0) is 11.3 Å². The molecule has 162 valence electrons. The highest BCUT2D eigenvalue weighted by molar-refractivity contribution is 7.99. The van der Waals surface area contributed by atoms with E-state index in [4.69, 9.17) is 4.42 Å². The van der Waals surface area contributed by atoms with Crippen molar-refractivity contribution in [2.24, 2.45) is 5.92 Å². The second-order valence-corrected chi connectivity index (χ2v) is 8.47. The number of Topliss-reactive ketones (excluding diaryl/α,β-unsaturated/α-hetero) is 1. The third-order valence-electron chi connectivity index (χ3n) is 4.54. The third kappa shape index (κ3) is 5.73. The van der Waals surface area contributed by atoms with Gasteiger partial charge in [-0.05, 0) is 43.2 Å². The van der Waals surface area contributed by atoms with E-state index in [0.717, 1.165) is 11.3 Å². The molecule has 0 aliphatic carbocycles. The second kappa shape index (κ2) is 10.3. The molecule has 0 radical (unpaired) electrons. The fourth-order valence-corrected chi connectivity index (χ4v) is 3.88. The Balaban J connectivity index is 1.65. The molecule has 1 amide bonds. The molecule has 2 aromatic heterocycles. The number of thioether (sulfide) groups is 1. The molecular weight excluding hydrogens is 412 g/mol. The molecule has 0 atom stereocenters. The number of amides is 1. The number of allylic oxidation sites excluding steroid dienone is 1. The van der Waals surface area contributed by atoms with Crippen LogP contribution in [0.15, 0.2) is 58.8 Å². The quantitative estimate of drug-likeness (QED) is 0.272. The van der Waals surface area contributed by atoms with Crippen molar-refractivity contribution < 1.29 is 14.0 Å². The van der Waals surface area contributed by atoms with Crippen LogP contribution < -0.4 is 5.32 Å². The highest BCUT2D eigenvalue weighted by atomic mass is 32.2. The standard InChI is InChI=1S/C23H26N4O3S/c1-5-11-27-22(19-10-12-30-16(19)4)25-26-23(27)31-14-20(28)17-6-8-18(9-7-17)24-21(29)13-15(2)3/h5-10,12,15H,1,11,13-14H2,2-4H3,(H,24,29). The molecule has 0 aliphatic heterocycles. The summed E-state index contributed by atoms with van der Waals surface area (Å²) in [6, 6.07) is 8.79. The van der Waals surface area contributed by atoms with Crippen LogP contribution >= 0.6 is 11.8 Å².